The van der Waals surface area contributed by atoms with Crippen molar-refractivity contribution in [3.63, 3.8) is 0 Å². The monoisotopic (exact) mass is 268 g/mol. The number of halogens is 2. The van der Waals surface area contributed by atoms with Crippen LogP contribution in [0.25, 0.3) is 5.65 Å². The first-order chi connectivity index (χ1) is 8.04. The van der Waals surface area contributed by atoms with E-state index in [0.717, 1.165) is 11.3 Å². The van der Waals surface area contributed by atoms with Gasteiger partial charge in [-0.2, -0.15) is 10.4 Å². The molecule has 0 saturated heterocycles. The van der Waals surface area contributed by atoms with Crippen molar-refractivity contribution < 1.29 is 0 Å². The molecule has 2 rings (SSSR count). The SMILES string of the molecule is Cc1nc2c(C#N)cnn2c(Cl)c1C[C@@H](C)Cl. The van der Waals surface area contributed by atoms with Crippen molar-refractivity contribution in [3.05, 3.63) is 28.2 Å². The minimum Gasteiger partial charge on any atom is -0.232 e. The van der Waals surface area contributed by atoms with E-state index >= 15 is 0 Å². The van der Waals surface area contributed by atoms with Gasteiger partial charge in [0.1, 0.15) is 16.8 Å². The second-order valence-electron chi connectivity index (χ2n) is 3.86. The van der Waals surface area contributed by atoms with Crippen LogP contribution in [0.2, 0.25) is 5.15 Å². The van der Waals surface area contributed by atoms with E-state index < -0.39 is 0 Å². The lowest BCUT2D eigenvalue weighted by atomic mass is 10.1. The molecule has 2 aromatic heterocycles. The van der Waals surface area contributed by atoms with E-state index in [0.29, 0.717) is 22.8 Å². The summed E-state index contributed by atoms with van der Waals surface area (Å²) >= 11 is 12.2. The fourth-order valence-corrected chi connectivity index (χ4v) is 2.18. The summed E-state index contributed by atoms with van der Waals surface area (Å²) in [6.45, 7) is 3.75. The molecule has 2 heterocycles. The third-order valence-corrected chi connectivity index (χ3v) is 3.04. The predicted molar refractivity (Wildman–Crippen MR) is 66.5 cm³/mol. The zero-order valence-electron chi connectivity index (χ0n) is 9.41. The lowest BCUT2D eigenvalue weighted by molar-refractivity contribution is 0.854. The zero-order chi connectivity index (χ0) is 12.6. The van der Waals surface area contributed by atoms with E-state index in [1.165, 1.54) is 10.7 Å². The molecule has 0 unspecified atom stereocenters. The molecule has 0 bridgehead atoms. The van der Waals surface area contributed by atoms with Gasteiger partial charge in [-0.25, -0.2) is 9.50 Å². The third-order valence-electron chi connectivity index (χ3n) is 2.49. The van der Waals surface area contributed by atoms with Crippen molar-refractivity contribution in [1.82, 2.24) is 14.6 Å². The van der Waals surface area contributed by atoms with Gasteiger partial charge in [0, 0.05) is 16.6 Å². The van der Waals surface area contributed by atoms with Crippen LogP contribution in [0, 0.1) is 18.3 Å². The molecule has 17 heavy (non-hydrogen) atoms. The van der Waals surface area contributed by atoms with Gasteiger partial charge in [0.05, 0.1) is 6.20 Å². The average molecular weight is 269 g/mol. The van der Waals surface area contributed by atoms with Gasteiger partial charge in [-0.05, 0) is 20.3 Å². The Labute approximate surface area is 109 Å². The summed E-state index contributed by atoms with van der Waals surface area (Å²) in [7, 11) is 0. The Morgan fingerprint density at radius 2 is 2.29 bits per heavy atom. The fourth-order valence-electron chi connectivity index (χ4n) is 1.69. The van der Waals surface area contributed by atoms with Gasteiger partial charge in [0.2, 0.25) is 0 Å². The molecule has 0 aliphatic heterocycles. The quantitative estimate of drug-likeness (QED) is 0.622. The average Bonchev–Trinajstić information content (AvgIpc) is 2.66. The van der Waals surface area contributed by atoms with Gasteiger partial charge in [-0.3, -0.25) is 0 Å². The van der Waals surface area contributed by atoms with Crippen LogP contribution >= 0.6 is 23.2 Å². The number of alkyl halides is 1. The first kappa shape index (κ1) is 12.2. The zero-order valence-corrected chi connectivity index (χ0v) is 10.9. The van der Waals surface area contributed by atoms with Crippen molar-refractivity contribution >= 4 is 28.8 Å². The molecule has 0 aliphatic rings. The summed E-state index contributed by atoms with van der Waals surface area (Å²) in [5.41, 5.74) is 2.56. The van der Waals surface area contributed by atoms with Gasteiger partial charge in [-0.1, -0.05) is 11.6 Å². The van der Waals surface area contributed by atoms with Crippen molar-refractivity contribution in [2.45, 2.75) is 25.6 Å². The molecule has 0 spiro atoms. The molecular weight excluding hydrogens is 259 g/mol. The van der Waals surface area contributed by atoms with E-state index in [-0.39, 0.29) is 5.38 Å². The van der Waals surface area contributed by atoms with Crippen LogP contribution in [0.5, 0.6) is 0 Å². The van der Waals surface area contributed by atoms with Crippen molar-refractivity contribution in [2.24, 2.45) is 0 Å². The number of fused-ring (bicyclic) bond motifs is 1. The highest BCUT2D eigenvalue weighted by Gasteiger charge is 2.16. The highest BCUT2D eigenvalue weighted by molar-refractivity contribution is 6.30. The molecule has 0 amide bonds. The van der Waals surface area contributed by atoms with Crippen molar-refractivity contribution in [2.75, 3.05) is 0 Å². The highest BCUT2D eigenvalue weighted by Crippen LogP contribution is 2.23. The molecule has 6 heteroatoms. The fraction of sp³-hybridized carbons (Fsp3) is 0.364. The lowest BCUT2D eigenvalue weighted by Crippen LogP contribution is -2.07. The summed E-state index contributed by atoms with van der Waals surface area (Å²) < 4.78 is 1.47. The summed E-state index contributed by atoms with van der Waals surface area (Å²) in [4.78, 5) is 4.36. The van der Waals surface area contributed by atoms with Crippen LogP contribution in [0.15, 0.2) is 6.20 Å². The third kappa shape index (κ3) is 2.08. The Morgan fingerprint density at radius 1 is 1.59 bits per heavy atom. The van der Waals surface area contributed by atoms with Crippen LogP contribution in [-0.2, 0) is 6.42 Å². The normalized spacial score (nSPS) is 12.6. The van der Waals surface area contributed by atoms with Crippen LogP contribution in [-0.4, -0.2) is 20.0 Å². The van der Waals surface area contributed by atoms with E-state index in [4.69, 9.17) is 28.5 Å². The van der Waals surface area contributed by atoms with Crippen molar-refractivity contribution in [3.8, 4) is 6.07 Å². The summed E-state index contributed by atoms with van der Waals surface area (Å²) in [5.74, 6) is 0. The molecule has 0 aromatic carbocycles. The predicted octanol–water partition coefficient (Wildman–Crippen LogP) is 2.73. The van der Waals surface area contributed by atoms with Gasteiger partial charge in [0.15, 0.2) is 5.65 Å². The van der Waals surface area contributed by atoms with Crippen molar-refractivity contribution in [1.29, 1.82) is 5.26 Å². The number of nitrogens with zero attached hydrogens (tertiary/aromatic N) is 4. The summed E-state index contributed by atoms with van der Waals surface area (Å²) in [6, 6.07) is 2.03. The Morgan fingerprint density at radius 3 is 2.88 bits per heavy atom. The molecule has 2 aromatic rings. The molecule has 0 saturated carbocycles. The number of rotatable bonds is 2. The number of nitriles is 1. The molecule has 1 atom stereocenters. The van der Waals surface area contributed by atoms with Gasteiger partial charge < -0.3 is 0 Å². The molecular formula is C11H10Cl2N4. The number of hydrogen-bond donors (Lipinski definition) is 0. The van der Waals surface area contributed by atoms with Crippen LogP contribution in [0.3, 0.4) is 0 Å². The van der Waals surface area contributed by atoms with Crippen LogP contribution in [0.4, 0.5) is 0 Å². The lowest BCUT2D eigenvalue weighted by Gasteiger charge is -2.10. The largest absolute Gasteiger partial charge is 0.232 e. The molecule has 0 N–H and O–H groups in total. The minimum atomic E-state index is -0.0311. The van der Waals surface area contributed by atoms with E-state index in [1.807, 2.05) is 19.9 Å². The minimum absolute atomic E-state index is 0.0311. The van der Waals surface area contributed by atoms with E-state index in [9.17, 15) is 0 Å². The maximum atomic E-state index is 8.91. The number of aryl methyl sites for hydroxylation is 1. The number of aromatic nitrogens is 3. The molecule has 88 valence electrons. The Hall–Kier alpha value is -1.31. The van der Waals surface area contributed by atoms with Crippen LogP contribution < -0.4 is 0 Å². The highest BCUT2D eigenvalue weighted by atomic mass is 35.5. The van der Waals surface area contributed by atoms with Crippen LogP contribution in [0.1, 0.15) is 23.7 Å². The number of hydrogen-bond acceptors (Lipinski definition) is 3. The second kappa shape index (κ2) is 4.52. The smallest absolute Gasteiger partial charge is 0.174 e. The molecule has 0 aliphatic carbocycles. The van der Waals surface area contributed by atoms with E-state index in [2.05, 4.69) is 10.1 Å². The van der Waals surface area contributed by atoms with Gasteiger partial charge in [0.25, 0.3) is 0 Å². The van der Waals surface area contributed by atoms with Gasteiger partial charge in [-0.15, -0.1) is 11.6 Å². The van der Waals surface area contributed by atoms with Gasteiger partial charge >= 0.3 is 0 Å². The molecule has 0 radical (unpaired) electrons. The Kier molecular flexibility index (Phi) is 3.23. The first-order valence-corrected chi connectivity index (χ1v) is 5.93. The maximum Gasteiger partial charge on any atom is 0.174 e. The topological polar surface area (TPSA) is 54.0 Å². The molecule has 0 fully saturated rings. The second-order valence-corrected chi connectivity index (χ2v) is 4.96. The first-order valence-electron chi connectivity index (χ1n) is 5.11. The molecule has 4 nitrogen and oxygen atoms in total. The Bertz CT molecular complexity index is 610. The van der Waals surface area contributed by atoms with E-state index in [1.54, 1.807) is 0 Å². The summed E-state index contributed by atoms with van der Waals surface area (Å²) in [6.07, 6.45) is 2.08. The summed E-state index contributed by atoms with van der Waals surface area (Å²) in [5, 5.41) is 13.4. The Balaban J connectivity index is 2.69. The maximum absolute atomic E-state index is 8.91. The standard InChI is InChI=1S/C11H10Cl2N4/c1-6(12)3-9-7(2)16-11-8(4-14)5-15-17(11)10(9)13/h5-6H,3H2,1-2H3/t6-/m1/s1.